The lowest BCUT2D eigenvalue weighted by molar-refractivity contribution is 0.0794. The molecule has 2 aliphatic rings. The van der Waals surface area contributed by atoms with Gasteiger partial charge in [-0.25, -0.2) is 0 Å². The van der Waals surface area contributed by atoms with Crippen LogP contribution in [-0.4, -0.2) is 54.6 Å². The smallest absolute Gasteiger partial charge is 0.0373 e. The van der Waals surface area contributed by atoms with Gasteiger partial charge in [0.2, 0.25) is 0 Å². The third-order valence-corrected chi connectivity index (χ3v) is 4.89. The number of rotatable bonds is 2. The Morgan fingerprint density at radius 3 is 2.60 bits per heavy atom. The van der Waals surface area contributed by atoms with Gasteiger partial charge in [0.15, 0.2) is 0 Å². The number of anilines is 1. The summed E-state index contributed by atoms with van der Waals surface area (Å²) in [4.78, 5) is 5.28. The van der Waals surface area contributed by atoms with E-state index in [0.29, 0.717) is 12.1 Å². The molecular weight excluding hydrogens is 246 g/mol. The topological polar surface area (TPSA) is 18.5 Å². The highest BCUT2D eigenvalue weighted by atomic mass is 15.3. The third-order valence-electron chi connectivity index (χ3n) is 4.89. The maximum atomic E-state index is 3.65. The minimum Gasteiger partial charge on any atom is -0.383 e. The van der Waals surface area contributed by atoms with Gasteiger partial charge < -0.3 is 5.32 Å². The van der Waals surface area contributed by atoms with E-state index in [0.717, 1.165) is 6.54 Å². The Bertz CT molecular complexity index is 409. The highest BCUT2D eigenvalue weighted by Gasteiger charge is 2.26. The van der Waals surface area contributed by atoms with E-state index in [1.807, 2.05) is 0 Å². The molecule has 1 fully saturated rings. The molecule has 0 saturated carbocycles. The molecule has 0 bridgehead atoms. The summed E-state index contributed by atoms with van der Waals surface area (Å²) in [6.07, 6.45) is 2.49. The molecule has 110 valence electrons. The molecule has 1 saturated heterocycles. The zero-order valence-electron chi connectivity index (χ0n) is 12.8. The second-order valence-corrected chi connectivity index (χ2v) is 6.40. The number of piperazine rings is 1. The van der Waals surface area contributed by atoms with Crippen LogP contribution in [0.2, 0.25) is 0 Å². The summed E-state index contributed by atoms with van der Waals surface area (Å²) in [5.74, 6) is 0. The first-order valence-electron chi connectivity index (χ1n) is 8.04. The predicted octanol–water partition coefficient (Wildman–Crippen LogP) is 2.44. The van der Waals surface area contributed by atoms with Crippen LogP contribution in [-0.2, 0) is 6.42 Å². The van der Waals surface area contributed by atoms with Gasteiger partial charge in [0, 0.05) is 50.5 Å². The van der Waals surface area contributed by atoms with Crippen LogP contribution in [0.4, 0.5) is 5.69 Å². The van der Waals surface area contributed by atoms with E-state index in [9.17, 15) is 0 Å². The molecule has 2 aliphatic heterocycles. The van der Waals surface area contributed by atoms with Crippen LogP contribution in [0.5, 0.6) is 0 Å². The van der Waals surface area contributed by atoms with Crippen molar-refractivity contribution in [2.24, 2.45) is 0 Å². The molecule has 0 amide bonds. The fraction of sp³-hybridized carbons (Fsp3) is 0.647. The van der Waals surface area contributed by atoms with Crippen LogP contribution in [0.15, 0.2) is 24.3 Å². The van der Waals surface area contributed by atoms with Crippen molar-refractivity contribution in [3.8, 4) is 0 Å². The number of hydrogen-bond donors (Lipinski definition) is 1. The second kappa shape index (κ2) is 6.15. The summed E-state index contributed by atoms with van der Waals surface area (Å²) in [7, 11) is 0. The molecule has 3 heteroatoms. The molecule has 1 aromatic rings. The largest absolute Gasteiger partial charge is 0.383 e. The maximum absolute atomic E-state index is 3.65. The van der Waals surface area contributed by atoms with Crippen molar-refractivity contribution in [2.45, 2.75) is 38.8 Å². The molecule has 0 aromatic heterocycles. The molecular formula is C17H27N3. The molecule has 1 N–H and O–H groups in total. The Hall–Kier alpha value is -1.06. The van der Waals surface area contributed by atoms with E-state index in [1.165, 1.54) is 50.3 Å². The van der Waals surface area contributed by atoms with Crippen molar-refractivity contribution in [1.82, 2.24) is 9.80 Å². The Morgan fingerprint density at radius 1 is 1.10 bits per heavy atom. The average molecular weight is 273 g/mol. The van der Waals surface area contributed by atoms with Crippen molar-refractivity contribution in [3.63, 3.8) is 0 Å². The summed E-state index contributed by atoms with van der Waals surface area (Å²) < 4.78 is 0. The van der Waals surface area contributed by atoms with Crippen LogP contribution in [0.3, 0.4) is 0 Å². The normalized spacial score (nSPS) is 25.1. The quantitative estimate of drug-likeness (QED) is 0.893. The van der Waals surface area contributed by atoms with E-state index >= 15 is 0 Å². The van der Waals surface area contributed by atoms with E-state index in [-0.39, 0.29) is 0 Å². The summed E-state index contributed by atoms with van der Waals surface area (Å²) in [6.45, 7) is 10.6. The van der Waals surface area contributed by atoms with Crippen molar-refractivity contribution in [3.05, 3.63) is 29.8 Å². The molecule has 3 nitrogen and oxygen atoms in total. The van der Waals surface area contributed by atoms with Crippen molar-refractivity contribution >= 4 is 5.69 Å². The first-order valence-corrected chi connectivity index (χ1v) is 8.04. The number of nitrogens with one attached hydrogen (secondary N) is 1. The first kappa shape index (κ1) is 13.9. The van der Waals surface area contributed by atoms with Gasteiger partial charge >= 0.3 is 0 Å². The lowest BCUT2D eigenvalue weighted by Gasteiger charge is -2.40. The van der Waals surface area contributed by atoms with Gasteiger partial charge in [0.1, 0.15) is 0 Å². The van der Waals surface area contributed by atoms with Crippen molar-refractivity contribution in [2.75, 3.05) is 38.0 Å². The number of hydrogen-bond acceptors (Lipinski definition) is 3. The van der Waals surface area contributed by atoms with Crippen LogP contribution in [0, 0.1) is 0 Å². The number of nitrogens with zero attached hydrogens (tertiary/aromatic N) is 2. The van der Waals surface area contributed by atoms with Crippen LogP contribution in [0.1, 0.15) is 25.8 Å². The van der Waals surface area contributed by atoms with Crippen LogP contribution < -0.4 is 5.32 Å². The first-order chi connectivity index (χ1) is 9.74. The Balaban J connectivity index is 1.58. The number of benzene rings is 1. The van der Waals surface area contributed by atoms with Crippen LogP contribution in [0.25, 0.3) is 0 Å². The Kier molecular flexibility index (Phi) is 4.27. The van der Waals surface area contributed by atoms with Gasteiger partial charge in [-0.2, -0.15) is 0 Å². The number of fused-ring (bicyclic) bond motifs is 1. The molecule has 1 atom stereocenters. The SMILES string of the molecule is CC(C)N1CCN(C2CCc3ccccc3NC2)CC1. The minimum atomic E-state index is 0.689. The molecule has 2 heterocycles. The molecule has 1 unspecified atom stereocenters. The molecule has 1 aromatic carbocycles. The number of aryl methyl sites for hydroxylation is 1. The van der Waals surface area contributed by atoms with E-state index < -0.39 is 0 Å². The average Bonchev–Trinajstić information content (AvgIpc) is 2.70. The van der Waals surface area contributed by atoms with Crippen molar-refractivity contribution < 1.29 is 0 Å². The van der Waals surface area contributed by atoms with Crippen LogP contribution >= 0.6 is 0 Å². The van der Waals surface area contributed by atoms with E-state index in [2.05, 4.69) is 53.2 Å². The molecule has 0 aliphatic carbocycles. The van der Waals surface area contributed by atoms with E-state index in [4.69, 9.17) is 0 Å². The zero-order valence-corrected chi connectivity index (χ0v) is 12.8. The monoisotopic (exact) mass is 273 g/mol. The summed E-state index contributed by atoms with van der Waals surface area (Å²) in [6, 6.07) is 10.1. The fourth-order valence-corrected chi connectivity index (χ4v) is 3.49. The lowest BCUT2D eigenvalue weighted by atomic mass is 10.0. The Morgan fingerprint density at radius 2 is 1.85 bits per heavy atom. The van der Waals surface area contributed by atoms with Gasteiger partial charge in [-0.05, 0) is 38.3 Å². The van der Waals surface area contributed by atoms with Gasteiger partial charge in [0.05, 0.1) is 0 Å². The summed E-state index contributed by atoms with van der Waals surface area (Å²) >= 11 is 0. The highest BCUT2D eigenvalue weighted by Crippen LogP contribution is 2.23. The molecule has 20 heavy (non-hydrogen) atoms. The minimum absolute atomic E-state index is 0.689. The zero-order chi connectivity index (χ0) is 13.9. The summed E-state index contributed by atoms with van der Waals surface area (Å²) in [5, 5.41) is 3.65. The number of para-hydroxylation sites is 1. The van der Waals surface area contributed by atoms with Gasteiger partial charge in [-0.15, -0.1) is 0 Å². The third kappa shape index (κ3) is 2.99. The van der Waals surface area contributed by atoms with Gasteiger partial charge in [-0.3, -0.25) is 9.80 Å². The molecule has 3 rings (SSSR count). The van der Waals surface area contributed by atoms with Gasteiger partial charge in [-0.1, -0.05) is 18.2 Å². The molecule has 0 spiro atoms. The fourth-order valence-electron chi connectivity index (χ4n) is 3.49. The highest BCUT2D eigenvalue weighted by molar-refractivity contribution is 5.52. The van der Waals surface area contributed by atoms with E-state index in [1.54, 1.807) is 0 Å². The standard InChI is InChI=1S/C17H27N3/c1-14(2)19-9-11-20(12-10-19)16-8-7-15-5-3-4-6-17(15)18-13-16/h3-6,14,16,18H,7-13H2,1-2H3. The van der Waals surface area contributed by atoms with Gasteiger partial charge in [0.25, 0.3) is 0 Å². The Labute approximate surface area is 123 Å². The second-order valence-electron chi connectivity index (χ2n) is 6.40. The lowest BCUT2D eigenvalue weighted by Crippen LogP contribution is -2.53. The predicted molar refractivity (Wildman–Crippen MR) is 85.3 cm³/mol. The maximum Gasteiger partial charge on any atom is 0.0373 e. The molecule has 0 radical (unpaired) electrons. The summed E-state index contributed by atoms with van der Waals surface area (Å²) in [5.41, 5.74) is 2.83. The van der Waals surface area contributed by atoms with Crippen molar-refractivity contribution in [1.29, 1.82) is 0 Å².